The van der Waals surface area contributed by atoms with Gasteiger partial charge >= 0.3 is 6.09 Å². The van der Waals surface area contributed by atoms with Crippen LogP contribution >= 0.6 is 0 Å². The van der Waals surface area contributed by atoms with E-state index < -0.39 is 23.8 Å². The number of ether oxygens (including phenoxy) is 1. The molecule has 0 aromatic heterocycles. The first-order valence-corrected chi connectivity index (χ1v) is 15.3. The van der Waals surface area contributed by atoms with Gasteiger partial charge in [-0.25, -0.2) is 4.79 Å². The number of phenols is 1. The Labute approximate surface area is 241 Å². The van der Waals surface area contributed by atoms with Gasteiger partial charge in [0.1, 0.15) is 23.4 Å². The van der Waals surface area contributed by atoms with Crippen molar-refractivity contribution in [3.05, 3.63) is 29.8 Å². The summed E-state index contributed by atoms with van der Waals surface area (Å²) in [5.74, 6) is -0.674. The zero-order chi connectivity index (χ0) is 29.7. The summed E-state index contributed by atoms with van der Waals surface area (Å²) < 4.78 is 5.46. The molecule has 3 N–H and O–H groups in total. The second-order valence-corrected chi connectivity index (χ2v) is 12.5. The first-order chi connectivity index (χ1) is 18.9. The molecule has 0 bridgehead atoms. The average molecular weight is 560 g/mol. The lowest BCUT2D eigenvalue weighted by atomic mass is 9.94. The highest BCUT2D eigenvalue weighted by molar-refractivity contribution is 5.92. The molecule has 2 atom stereocenters. The van der Waals surface area contributed by atoms with Gasteiger partial charge in [0.05, 0.1) is 0 Å². The van der Waals surface area contributed by atoms with Crippen LogP contribution in [-0.4, -0.2) is 52.1 Å². The number of hydrogen-bond acceptors (Lipinski definition) is 5. The van der Waals surface area contributed by atoms with Gasteiger partial charge in [0, 0.05) is 12.6 Å². The summed E-state index contributed by atoms with van der Waals surface area (Å²) in [7, 11) is 0. The van der Waals surface area contributed by atoms with Gasteiger partial charge in [-0.3, -0.25) is 9.59 Å². The summed E-state index contributed by atoms with van der Waals surface area (Å²) in [5.41, 5.74) is -0.0772. The molecule has 0 heterocycles. The molecule has 0 radical (unpaired) electrons. The van der Waals surface area contributed by atoms with E-state index in [0.717, 1.165) is 57.8 Å². The lowest BCUT2D eigenvalue weighted by molar-refractivity contribution is -0.143. The molecule has 40 heavy (non-hydrogen) atoms. The maximum atomic E-state index is 14.3. The largest absolute Gasteiger partial charge is 0.508 e. The molecular formula is C32H53N3O5. The number of hydrogen-bond donors (Lipinski definition) is 3. The van der Waals surface area contributed by atoms with Crippen molar-refractivity contribution in [1.82, 2.24) is 15.5 Å². The number of rotatable bonds is 14. The Bertz CT molecular complexity index is 919. The van der Waals surface area contributed by atoms with Crippen LogP contribution in [0.25, 0.3) is 0 Å². The summed E-state index contributed by atoms with van der Waals surface area (Å²) in [5, 5.41) is 15.9. The summed E-state index contributed by atoms with van der Waals surface area (Å²) in [6, 6.07) is 4.82. The summed E-state index contributed by atoms with van der Waals surface area (Å²) in [6.45, 7) is 11.6. The number of aromatic hydroxyl groups is 1. The average Bonchev–Trinajstić information content (AvgIpc) is 2.88. The van der Waals surface area contributed by atoms with E-state index >= 15 is 0 Å². The zero-order valence-electron chi connectivity index (χ0n) is 25.6. The normalized spacial score (nSPS) is 15.8. The van der Waals surface area contributed by atoms with Gasteiger partial charge in [-0.15, -0.1) is 0 Å². The third-order valence-corrected chi connectivity index (χ3v) is 7.36. The smallest absolute Gasteiger partial charge is 0.408 e. The molecule has 2 unspecified atom stereocenters. The van der Waals surface area contributed by atoms with Crippen LogP contribution in [0.3, 0.4) is 0 Å². The molecule has 2 rings (SSSR count). The van der Waals surface area contributed by atoms with Gasteiger partial charge in [0.15, 0.2) is 0 Å². The molecule has 1 aromatic carbocycles. The number of carbonyl (C=O) groups excluding carboxylic acids is 3. The minimum atomic E-state index is -0.882. The van der Waals surface area contributed by atoms with Crippen LogP contribution in [0, 0.1) is 5.92 Å². The minimum absolute atomic E-state index is 0.0765. The third kappa shape index (κ3) is 11.4. The van der Waals surface area contributed by atoms with Crippen molar-refractivity contribution in [2.45, 2.75) is 136 Å². The number of nitrogens with zero attached hydrogens (tertiary/aromatic N) is 1. The van der Waals surface area contributed by atoms with Crippen molar-refractivity contribution in [1.29, 1.82) is 0 Å². The molecule has 1 saturated carbocycles. The molecule has 1 fully saturated rings. The van der Waals surface area contributed by atoms with Crippen molar-refractivity contribution in [2.24, 2.45) is 5.92 Å². The van der Waals surface area contributed by atoms with E-state index in [2.05, 4.69) is 17.6 Å². The number of amides is 3. The predicted octanol–water partition coefficient (Wildman–Crippen LogP) is 6.62. The molecule has 8 heteroatoms. The highest BCUT2D eigenvalue weighted by atomic mass is 16.6. The molecule has 1 aromatic rings. The highest BCUT2D eigenvalue weighted by Gasteiger charge is 2.38. The first kappa shape index (κ1) is 33.4. The number of carbonyl (C=O) groups is 3. The fourth-order valence-corrected chi connectivity index (χ4v) is 5.21. The van der Waals surface area contributed by atoms with Gasteiger partial charge in [0.25, 0.3) is 0 Å². The Morgan fingerprint density at radius 3 is 2.15 bits per heavy atom. The fourth-order valence-electron chi connectivity index (χ4n) is 5.21. The summed E-state index contributed by atoms with van der Waals surface area (Å²) in [4.78, 5) is 42.6. The van der Waals surface area contributed by atoms with E-state index in [1.54, 1.807) is 49.9 Å². The third-order valence-electron chi connectivity index (χ3n) is 7.36. The van der Waals surface area contributed by atoms with Crippen molar-refractivity contribution in [3.8, 4) is 5.75 Å². The van der Waals surface area contributed by atoms with Crippen molar-refractivity contribution < 1.29 is 24.2 Å². The Morgan fingerprint density at radius 1 is 0.975 bits per heavy atom. The van der Waals surface area contributed by atoms with Gasteiger partial charge in [-0.05, 0) is 63.6 Å². The maximum absolute atomic E-state index is 14.3. The zero-order valence-corrected chi connectivity index (χ0v) is 25.6. The Balaban J connectivity index is 2.40. The molecule has 1 aliphatic rings. The van der Waals surface area contributed by atoms with E-state index in [1.165, 1.54) is 12.8 Å². The lowest BCUT2D eigenvalue weighted by Gasteiger charge is -2.36. The van der Waals surface area contributed by atoms with E-state index in [-0.39, 0.29) is 29.5 Å². The quantitative estimate of drug-likeness (QED) is 0.222. The van der Waals surface area contributed by atoms with E-state index in [9.17, 15) is 19.5 Å². The number of unbranched alkanes of at least 4 members (excludes halogenated alkanes) is 5. The van der Waals surface area contributed by atoms with Crippen LogP contribution in [0.15, 0.2) is 24.3 Å². The van der Waals surface area contributed by atoms with Crippen LogP contribution in [0.4, 0.5) is 4.79 Å². The van der Waals surface area contributed by atoms with Crippen molar-refractivity contribution in [3.63, 3.8) is 0 Å². The van der Waals surface area contributed by atoms with E-state index in [4.69, 9.17) is 4.74 Å². The minimum Gasteiger partial charge on any atom is -0.508 e. The first-order valence-electron chi connectivity index (χ1n) is 15.3. The summed E-state index contributed by atoms with van der Waals surface area (Å²) >= 11 is 0. The van der Waals surface area contributed by atoms with Crippen LogP contribution in [-0.2, 0) is 14.3 Å². The van der Waals surface area contributed by atoms with Crippen LogP contribution in [0.5, 0.6) is 5.75 Å². The lowest BCUT2D eigenvalue weighted by Crippen LogP contribution is -2.55. The molecule has 0 spiro atoms. The van der Waals surface area contributed by atoms with E-state index in [0.29, 0.717) is 12.1 Å². The molecular weight excluding hydrogens is 506 g/mol. The van der Waals surface area contributed by atoms with Crippen molar-refractivity contribution in [2.75, 3.05) is 6.54 Å². The molecule has 8 nitrogen and oxygen atoms in total. The van der Waals surface area contributed by atoms with Gasteiger partial charge in [-0.2, -0.15) is 0 Å². The molecule has 226 valence electrons. The van der Waals surface area contributed by atoms with Crippen LogP contribution in [0.1, 0.15) is 124 Å². The Hall–Kier alpha value is -2.77. The molecule has 1 aliphatic carbocycles. The van der Waals surface area contributed by atoms with Gasteiger partial charge < -0.3 is 25.4 Å². The van der Waals surface area contributed by atoms with Gasteiger partial charge in [-0.1, -0.05) is 84.3 Å². The Morgan fingerprint density at radius 2 is 1.57 bits per heavy atom. The summed E-state index contributed by atoms with van der Waals surface area (Å²) in [6.07, 6.45) is 10.7. The van der Waals surface area contributed by atoms with Crippen molar-refractivity contribution >= 4 is 17.9 Å². The molecule has 0 aliphatic heterocycles. The predicted molar refractivity (Wildman–Crippen MR) is 159 cm³/mol. The van der Waals surface area contributed by atoms with Crippen LogP contribution in [0.2, 0.25) is 0 Å². The molecule has 0 saturated heterocycles. The standard InChI is InChI=1S/C32H53N3O5/c1-7-8-9-10-11-15-22-35(30(38)27(23(2)3)34-31(39)40-32(4,5)6)28(24-18-20-26(36)21-19-24)29(37)33-25-16-13-12-14-17-25/h18-21,23,25,27-28,36H,7-17,22H2,1-6H3,(H,33,37)(H,34,39). The van der Waals surface area contributed by atoms with Crippen LogP contribution < -0.4 is 10.6 Å². The second kappa shape index (κ2) is 16.5. The second-order valence-electron chi connectivity index (χ2n) is 12.5. The van der Waals surface area contributed by atoms with Gasteiger partial charge in [0.2, 0.25) is 11.8 Å². The highest BCUT2D eigenvalue weighted by Crippen LogP contribution is 2.28. The number of benzene rings is 1. The number of alkyl carbamates (subject to hydrolysis) is 1. The fraction of sp³-hybridized carbons (Fsp3) is 0.719. The monoisotopic (exact) mass is 559 g/mol. The Kier molecular flexibility index (Phi) is 13.8. The molecule has 3 amide bonds. The topological polar surface area (TPSA) is 108 Å². The number of phenolic OH excluding ortho intramolecular Hbond substituents is 1. The SMILES string of the molecule is CCCCCCCCN(C(=O)C(NC(=O)OC(C)(C)C)C(C)C)C(C(=O)NC1CCCCC1)c1ccc(O)cc1. The number of nitrogens with one attached hydrogen (secondary N) is 2. The van der Waals surface area contributed by atoms with E-state index in [1.807, 2.05) is 13.8 Å². The maximum Gasteiger partial charge on any atom is 0.408 e.